The molecule has 0 unspecified atom stereocenters. The quantitative estimate of drug-likeness (QED) is 0.108. The van der Waals surface area contributed by atoms with Gasteiger partial charge in [0.1, 0.15) is 66.8 Å². The third kappa shape index (κ3) is 7.91. The Bertz CT molecular complexity index is 1820. The fraction of sp³-hybridized carbons (Fsp3) is 0.958. The van der Waals surface area contributed by atoms with Gasteiger partial charge in [0.25, 0.3) is 0 Å². The van der Waals surface area contributed by atoms with Gasteiger partial charge in [-0.05, 0) is 104 Å². The lowest BCUT2D eigenvalue weighted by atomic mass is 9.41. The van der Waals surface area contributed by atoms with Crippen molar-refractivity contribution in [3.8, 4) is 0 Å². The molecule has 67 heavy (non-hydrogen) atoms. The van der Waals surface area contributed by atoms with Crippen molar-refractivity contribution in [2.24, 2.45) is 56.7 Å². The van der Waals surface area contributed by atoms with E-state index in [1.54, 1.807) is 0 Å². The molecule has 19 nitrogen and oxygen atoms in total. The molecule has 384 valence electrons. The van der Waals surface area contributed by atoms with Gasteiger partial charge in [-0.1, -0.05) is 48.5 Å². The Kier molecular flexibility index (Phi) is 14.1. The summed E-state index contributed by atoms with van der Waals surface area (Å²) in [4.78, 5) is 25.1. The predicted octanol–water partition coefficient (Wildman–Crippen LogP) is -0.0381. The van der Waals surface area contributed by atoms with Crippen molar-refractivity contribution in [2.75, 3.05) is 6.61 Å². The zero-order valence-electron chi connectivity index (χ0n) is 40.0. The average Bonchev–Trinajstić information content (AvgIpc) is 3.90. The third-order valence-electron chi connectivity index (χ3n) is 19.5. The van der Waals surface area contributed by atoms with Gasteiger partial charge in [0.15, 0.2) is 25.0 Å². The summed E-state index contributed by atoms with van der Waals surface area (Å²) in [5.74, 6) is -1.19. The van der Waals surface area contributed by atoms with Gasteiger partial charge in [0.05, 0.1) is 31.0 Å². The summed E-state index contributed by atoms with van der Waals surface area (Å²) in [6, 6.07) is 0. The maximum atomic E-state index is 12.7. The number of ether oxygens (including phenoxy) is 6. The van der Waals surface area contributed by atoms with E-state index in [1.807, 2.05) is 13.8 Å². The highest BCUT2D eigenvalue weighted by Gasteiger charge is 2.85. The Morgan fingerprint density at radius 2 is 1.33 bits per heavy atom. The van der Waals surface area contributed by atoms with Crippen molar-refractivity contribution in [1.29, 1.82) is 0 Å². The summed E-state index contributed by atoms with van der Waals surface area (Å²) in [5.41, 5.74) is -1.85. The first-order chi connectivity index (χ1) is 31.2. The molecule has 3 heterocycles. The van der Waals surface area contributed by atoms with Crippen molar-refractivity contribution in [3.63, 3.8) is 0 Å². The number of aliphatic hydroxyl groups is 10. The van der Waals surface area contributed by atoms with E-state index >= 15 is 0 Å². The molecule has 0 radical (unpaired) electrons. The smallest absolute Gasteiger partial charge is 0.335 e. The van der Waals surface area contributed by atoms with Gasteiger partial charge in [-0.15, -0.1) is 0 Å². The molecule has 0 bridgehead atoms. The lowest BCUT2D eigenvalue weighted by Gasteiger charge is -2.64. The van der Waals surface area contributed by atoms with Gasteiger partial charge in [-0.2, -0.15) is 0 Å². The van der Waals surface area contributed by atoms with Crippen LogP contribution in [0, 0.1) is 56.7 Å². The highest BCUT2D eigenvalue weighted by Crippen LogP contribution is 2.89. The Hall–Kier alpha value is -1.50. The standard InChI is InChI=1S/C48H78O19/c1-19(2)22(50)10-9-20(3)29-23(51)15-45(7)26-12-11-25-44(5,6)28(13-14-47(25)18-48(26,47)27(52)16-46(29,45)8)64-43-39(34(57)33(56)38(66-43)40(60)61)67-42-36(59)37(30(53)21(4)62-42)65-41-35(58)32(55)31(54)24(17-49)63-41/h19-21,23-39,41-43,49,51-59H,9-18H2,1-8H3,(H,60,61)/t20-,21+,23+,24-,25+,26+,27-,28+,29+,30+,31-,32+,33+,34+,35-,36-,37-,38+,39-,41+,42+,43-,45+,46-,47-,48+/m1/s1. The van der Waals surface area contributed by atoms with Crippen LogP contribution in [-0.2, 0) is 38.0 Å². The number of hydrogen-bond donors (Lipinski definition) is 11. The van der Waals surface area contributed by atoms with E-state index in [1.165, 1.54) is 6.92 Å². The van der Waals surface area contributed by atoms with Crippen LogP contribution in [0.15, 0.2) is 0 Å². The van der Waals surface area contributed by atoms with Gasteiger partial charge in [0, 0.05) is 17.8 Å². The molecule has 3 saturated heterocycles. The Morgan fingerprint density at radius 1 is 0.687 bits per heavy atom. The zero-order valence-corrected chi connectivity index (χ0v) is 40.0. The number of ketones is 1. The lowest BCUT2D eigenvalue weighted by Crippen LogP contribution is -2.67. The van der Waals surface area contributed by atoms with E-state index in [2.05, 4.69) is 34.6 Å². The molecule has 5 saturated carbocycles. The summed E-state index contributed by atoms with van der Waals surface area (Å²) < 4.78 is 35.8. The van der Waals surface area contributed by atoms with E-state index in [9.17, 15) is 65.8 Å². The van der Waals surface area contributed by atoms with E-state index in [0.29, 0.717) is 38.5 Å². The number of carbonyl (C=O) groups excluding carboxylic acids is 1. The number of rotatable bonds is 13. The molecule has 0 aromatic rings. The molecule has 26 atom stereocenters. The van der Waals surface area contributed by atoms with Crippen LogP contribution in [0.1, 0.15) is 113 Å². The molecule has 8 rings (SSSR count). The van der Waals surface area contributed by atoms with Crippen LogP contribution in [0.5, 0.6) is 0 Å². The molecule has 0 aromatic heterocycles. The summed E-state index contributed by atoms with van der Waals surface area (Å²) in [5, 5.41) is 121. The molecule has 2 spiro atoms. The Balaban J connectivity index is 1.01. The van der Waals surface area contributed by atoms with Gasteiger partial charge >= 0.3 is 5.97 Å². The van der Waals surface area contributed by atoms with Gasteiger partial charge in [-0.25, -0.2) is 4.79 Å². The van der Waals surface area contributed by atoms with Gasteiger partial charge in [-0.3, -0.25) is 4.79 Å². The van der Waals surface area contributed by atoms with E-state index in [4.69, 9.17) is 28.4 Å². The lowest BCUT2D eigenvalue weighted by molar-refractivity contribution is -0.386. The van der Waals surface area contributed by atoms with Crippen LogP contribution in [0.2, 0.25) is 0 Å². The molecular weight excluding hydrogens is 881 g/mol. The average molecular weight is 959 g/mol. The van der Waals surface area contributed by atoms with Crippen LogP contribution >= 0.6 is 0 Å². The second-order valence-corrected chi connectivity index (χ2v) is 23.4. The fourth-order valence-electron chi connectivity index (χ4n) is 15.8. The molecule has 3 aliphatic heterocycles. The Labute approximate surface area is 392 Å². The minimum atomic E-state index is -2.02. The van der Waals surface area contributed by atoms with Crippen molar-refractivity contribution in [3.05, 3.63) is 0 Å². The van der Waals surface area contributed by atoms with Crippen LogP contribution < -0.4 is 0 Å². The van der Waals surface area contributed by atoms with Crippen molar-refractivity contribution in [1.82, 2.24) is 0 Å². The fourth-order valence-corrected chi connectivity index (χ4v) is 15.8. The van der Waals surface area contributed by atoms with Gasteiger partial charge in [0.2, 0.25) is 0 Å². The van der Waals surface area contributed by atoms with Crippen LogP contribution in [-0.4, -0.2) is 185 Å². The number of aliphatic carboxylic acids is 1. The van der Waals surface area contributed by atoms with Crippen LogP contribution in [0.3, 0.4) is 0 Å². The van der Waals surface area contributed by atoms with E-state index < -0.39 is 128 Å². The summed E-state index contributed by atoms with van der Waals surface area (Å²) in [6.45, 7) is 15.4. The highest BCUT2D eigenvalue weighted by molar-refractivity contribution is 5.80. The first-order valence-corrected chi connectivity index (χ1v) is 24.7. The molecule has 0 amide bonds. The van der Waals surface area contributed by atoms with Crippen molar-refractivity contribution >= 4 is 11.8 Å². The summed E-state index contributed by atoms with van der Waals surface area (Å²) in [6.07, 6.45) is -21.7. The second kappa shape index (κ2) is 18.2. The molecule has 0 aromatic carbocycles. The maximum absolute atomic E-state index is 12.7. The van der Waals surface area contributed by atoms with Crippen LogP contribution in [0.4, 0.5) is 0 Å². The molecular formula is C48H78O19. The monoisotopic (exact) mass is 959 g/mol. The minimum Gasteiger partial charge on any atom is -0.479 e. The number of carbonyl (C=O) groups is 2. The van der Waals surface area contributed by atoms with E-state index in [0.717, 1.165) is 19.3 Å². The minimum absolute atomic E-state index is 0.0422. The first kappa shape index (κ1) is 51.8. The van der Waals surface area contributed by atoms with Crippen LogP contribution in [0.25, 0.3) is 0 Å². The zero-order chi connectivity index (χ0) is 49.2. The number of hydrogen-bond acceptors (Lipinski definition) is 18. The number of carboxylic acid groups (broad SMARTS) is 1. The molecule has 8 fully saturated rings. The largest absolute Gasteiger partial charge is 0.479 e. The maximum Gasteiger partial charge on any atom is 0.335 e. The summed E-state index contributed by atoms with van der Waals surface area (Å²) in [7, 11) is 0. The predicted molar refractivity (Wildman–Crippen MR) is 231 cm³/mol. The molecule has 19 heteroatoms. The van der Waals surface area contributed by atoms with Gasteiger partial charge < -0.3 is 84.6 Å². The third-order valence-corrected chi connectivity index (χ3v) is 19.5. The SMILES string of the molecule is CC(C)C(=O)CC[C@@H](C)[C@H]1[C@@H](O)C[C@@]2(C)[C@@H]3CC[C@H]4C(C)(C)[C@@H](O[C@@H]5O[C@H](C(=O)O)[C@@H](O)[C@H](O)[C@H]5O[C@@H]5O[C@@H](C)[C@H](O)[C@@H](O[C@@H]6O[C@H](CO)[C@@H](O)[C@H](O)[C@H]6O)[C@H]5O)CC[C@@]45C[C@@]35[C@H](O)C[C@]12C. The number of carboxylic acids is 1. The van der Waals surface area contributed by atoms with Crippen molar-refractivity contribution < 1.29 is 94.2 Å². The number of Topliss-reactive ketones (excluding diaryl/α,β-unsaturated/α-hetero) is 1. The first-order valence-electron chi connectivity index (χ1n) is 24.7. The highest BCUT2D eigenvalue weighted by atomic mass is 16.8. The Morgan fingerprint density at radius 3 is 1.97 bits per heavy atom. The molecule has 5 aliphatic carbocycles. The second-order valence-electron chi connectivity index (χ2n) is 23.4. The molecule has 8 aliphatic rings. The number of aliphatic hydroxyl groups excluding tert-OH is 10. The molecule has 11 N–H and O–H groups in total. The topological polar surface area (TPSA) is 312 Å². The normalized spacial score (nSPS) is 54.0. The van der Waals surface area contributed by atoms with Crippen molar-refractivity contribution in [2.45, 2.75) is 224 Å². The van der Waals surface area contributed by atoms with E-state index in [-0.39, 0.29) is 57.0 Å². The number of fused-ring (bicyclic) bond motifs is 2. The summed E-state index contributed by atoms with van der Waals surface area (Å²) >= 11 is 0.